The fraction of sp³-hybridized carbons (Fsp3) is 0.500. The molecule has 0 heterocycles. The maximum absolute atomic E-state index is 14.1. The van der Waals surface area contributed by atoms with E-state index in [1.54, 1.807) is 99.6 Å². The zero-order valence-electron chi connectivity index (χ0n) is 49.1. The van der Waals surface area contributed by atoms with Gasteiger partial charge in [0.25, 0.3) is 11.8 Å². The van der Waals surface area contributed by atoms with Crippen molar-refractivity contribution in [2.75, 3.05) is 13.1 Å². The molecule has 0 bridgehead atoms. The number of hydrogen-bond donors (Lipinski definition) is 3. The third-order valence-corrected chi connectivity index (χ3v) is 14.4. The highest BCUT2D eigenvalue weighted by molar-refractivity contribution is 6.31. The minimum atomic E-state index is -1.51. The summed E-state index contributed by atoms with van der Waals surface area (Å²) in [6, 6.07) is 24.3. The van der Waals surface area contributed by atoms with Gasteiger partial charge in [-0.1, -0.05) is 60.3 Å². The first-order chi connectivity index (χ1) is 39.6. The van der Waals surface area contributed by atoms with Gasteiger partial charge in [0, 0.05) is 54.2 Å². The summed E-state index contributed by atoms with van der Waals surface area (Å²) >= 11 is 12.7. The van der Waals surface area contributed by atoms with Crippen LogP contribution in [-0.4, -0.2) is 114 Å². The van der Waals surface area contributed by atoms with Crippen molar-refractivity contribution in [1.82, 2.24) is 15.5 Å². The van der Waals surface area contributed by atoms with E-state index in [-0.39, 0.29) is 35.6 Å². The summed E-state index contributed by atoms with van der Waals surface area (Å²) in [7, 11) is 0. The van der Waals surface area contributed by atoms with Crippen LogP contribution in [0.25, 0.3) is 0 Å². The number of nitrogens with zero attached hydrogens (tertiary/aromatic N) is 1. The Kier molecular flexibility index (Phi) is 23.5. The van der Waals surface area contributed by atoms with E-state index in [0.29, 0.717) is 79.1 Å². The Hall–Kier alpha value is -7.29. The molecule has 20 nitrogen and oxygen atoms in total. The van der Waals surface area contributed by atoms with Gasteiger partial charge in [-0.3, -0.25) is 14.5 Å². The molecule has 0 aliphatic heterocycles. The van der Waals surface area contributed by atoms with Gasteiger partial charge in [0.2, 0.25) is 12.6 Å². The van der Waals surface area contributed by atoms with Gasteiger partial charge >= 0.3 is 30.3 Å². The molecule has 2 fully saturated rings. The first-order valence-electron chi connectivity index (χ1n) is 28.2. The standard InChI is InChI=1S/C62H78Cl2N4O16/c1-38(78-58(74)80-51-16-12-10-14-49(51)65)76-55(71)61(6,7)82-47-29-20-41(21-30-47)33-35-67-54(70)43-24-31-48(64)44(36-43)37-68(57(73)84-60(3,4)5)50-15-11-13-17-52(50)81-59(75)79-39(2)77-56(72)62(8,9)83-46-27-18-40(19-28-46)32-34-66-53(69)42-22-25-45(63)26-23-42/h18-31,36,38-39,49-52H,10-17,32-35,37,65H2,1-9H3,(H,66,69)(H,67,70)/t38?,39?,49?,50?,51-,52-/m1/s1. The summed E-state index contributed by atoms with van der Waals surface area (Å²) < 4.78 is 50.4. The average Bonchev–Trinajstić information content (AvgIpc) is 3.08. The molecular weight excluding hydrogens is 1130 g/mol. The lowest BCUT2D eigenvalue weighted by atomic mass is 9.91. The van der Waals surface area contributed by atoms with Crippen LogP contribution in [0, 0.1) is 0 Å². The number of hydrogen-bond acceptors (Lipinski definition) is 17. The van der Waals surface area contributed by atoms with Crippen molar-refractivity contribution < 1.29 is 76.2 Å². The van der Waals surface area contributed by atoms with Crippen molar-refractivity contribution in [3.8, 4) is 11.5 Å². The van der Waals surface area contributed by atoms with Crippen LogP contribution in [0.4, 0.5) is 14.4 Å². The number of rotatable bonds is 23. The van der Waals surface area contributed by atoms with E-state index in [1.807, 2.05) is 12.1 Å². The van der Waals surface area contributed by atoms with Crippen LogP contribution in [-0.2, 0) is 62.1 Å². The number of esters is 2. The lowest BCUT2D eigenvalue weighted by Crippen LogP contribution is -2.51. The predicted molar refractivity (Wildman–Crippen MR) is 312 cm³/mol. The molecule has 3 amide bonds. The third-order valence-electron chi connectivity index (χ3n) is 13.7. The highest BCUT2D eigenvalue weighted by atomic mass is 35.5. The van der Waals surface area contributed by atoms with E-state index in [0.717, 1.165) is 30.4 Å². The van der Waals surface area contributed by atoms with Gasteiger partial charge in [-0.05, 0) is 183 Å². The largest absolute Gasteiger partial charge is 0.511 e. The number of carbonyl (C=O) groups excluding carboxylic acids is 7. The van der Waals surface area contributed by atoms with E-state index < -0.39 is 83.9 Å². The number of ether oxygens (including phenoxy) is 9. The molecule has 0 radical (unpaired) electrons. The summed E-state index contributed by atoms with van der Waals surface area (Å²) in [5.74, 6) is -1.45. The number of carbonyl (C=O) groups is 7. The number of halogens is 2. The first kappa shape index (κ1) is 65.9. The van der Waals surface area contributed by atoms with Crippen LogP contribution >= 0.6 is 23.2 Å². The first-order valence-corrected chi connectivity index (χ1v) is 29.0. The van der Waals surface area contributed by atoms with E-state index in [1.165, 1.54) is 46.4 Å². The van der Waals surface area contributed by atoms with E-state index >= 15 is 0 Å². The molecule has 22 heteroatoms. The lowest BCUT2D eigenvalue weighted by molar-refractivity contribution is -0.185. The summed E-state index contributed by atoms with van der Waals surface area (Å²) in [5.41, 5.74) is 5.18. The van der Waals surface area contributed by atoms with Crippen molar-refractivity contribution >= 4 is 65.4 Å². The number of nitrogens with two attached hydrogens (primary N) is 1. The Morgan fingerprint density at radius 1 is 0.583 bits per heavy atom. The summed E-state index contributed by atoms with van der Waals surface area (Å²) in [4.78, 5) is 93.7. The van der Waals surface area contributed by atoms with Crippen LogP contribution in [0.2, 0.25) is 10.0 Å². The van der Waals surface area contributed by atoms with E-state index in [4.69, 9.17) is 71.6 Å². The van der Waals surface area contributed by atoms with Gasteiger partial charge in [0.05, 0.1) is 12.6 Å². The molecule has 84 heavy (non-hydrogen) atoms. The Balaban J connectivity index is 0.983. The topological polar surface area (TPSA) is 256 Å². The SMILES string of the molecule is CC(OC(=O)O[C@@H]1CCCCC1N)OC(=O)C(C)(C)Oc1ccc(CCNC(=O)c2ccc(Cl)c(CN(C(=O)OC(C)(C)C)C3CCCC[C@H]3OC(=O)OC(C)OC(=O)C(C)(C)Oc3ccc(CCNC(=O)c4ccc(Cl)cc4)cc3)c2)cc1. The van der Waals surface area contributed by atoms with Crippen molar-refractivity contribution in [1.29, 1.82) is 0 Å². The van der Waals surface area contributed by atoms with E-state index in [2.05, 4.69) is 10.6 Å². The Bertz CT molecular complexity index is 2900. The molecule has 4 unspecified atom stereocenters. The molecule has 0 saturated heterocycles. The van der Waals surface area contributed by atoms with Crippen molar-refractivity contribution in [3.05, 3.63) is 129 Å². The highest BCUT2D eigenvalue weighted by Gasteiger charge is 2.40. The van der Waals surface area contributed by atoms with Gasteiger partial charge in [-0.2, -0.15) is 0 Å². The molecular formula is C62H78Cl2N4O16. The van der Waals surface area contributed by atoms with Crippen LogP contribution < -0.4 is 25.8 Å². The second-order valence-electron chi connectivity index (χ2n) is 22.7. The van der Waals surface area contributed by atoms with Gasteiger partial charge in [0.15, 0.2) is 11.2 Å². The van der Waals surface area contributed by atoms with Crippen LogP contribution in [0.5, 0.6) is 11.5 Å². The molecule has 4 aromatic carbocycles. The predicted octanol–water partition coefficient (Wildman–Crippen LogP) is 11.4. The molecule has 6 atom stereocenters. The fourth-order valence-electron chi connectivity index (χ4n) is 9.28. The summed E-state index contributed by atoms with van der Waals surface area (Å²) in [6.07, 6.45) is -0.361. The molecule has 6 rings (SSSR count). The fourth-order valence-corrected chi connectivity index (χ4v) is 9.58. The molecule has 4 N–H and O–H groups in total. The molecule has 2 aliphatic carbocycles. The Morgan fingerprint density at radius 3 is 1.54 bits per heavy atom. The highest BCUT2D eigenvalue weighted by Crippen LogP contribution is 2.32. The number of benzene rings is 4. The van der Waals surface area contributed by atoms with Gasteiger partial charge < -0.3 is 59.0 Å². The molecule has 0 aromatic heterocycles. The maximum atomic E-state index is 14.1. The van der Waals surface area contributed by atoms with Gasteiger partial charge in [-0.25, -0.2) is 24.0 Å². The quantitative estimate of drug-likeness (QED) is 0.0354. The number of nitrogens with one attached hydrogen (secondary N) is 2. The van der Waals surface area contributed by atoms with Crippen LogP contribution in [0.1, 0.15) is 151 Å². The van der Waals surface area contributed by atoms with Crippen LogP contribution in [0.3, 0.4) is 0 Å². The summed E-state index contributed by atoms with van der Waals surface area (Å²) in [5, 5.41) is 6.62. The van der Waals surface area contributed by atoms with Crippen molar-refractivity contribution in [2.45, 2.75) is 187 Å². The van der Waals surface area contributed by atoms with Crippen molar-refractivity contribution in [3.63, 3.8) is 0 Å². The van der Waals surface area contributed by atoms with Gasteiger partial charge in [-0.15, -0.1) is 0 Å². The maximum Gasteiger partial charge on any atom is 0.511 e. The third kappa shape index (κ3) is 20.5. The smallest absolute Gasteiger partial charge is 0.476 e. The Labute approximate surface area is 500 Å². The minimum absolute atomic E-state index is 0.107. The lowest BCUT2D eigenvalue weighted by Gasteiger charge is -2.39. The summed E-state index contributed by atoms with van der Waals surface area (Å²) in [6.45, 7) is 14.6. The van der Waals surface area contributed by atoms with Crippen LogP contribution in [0.15, 0.2) is 91.0 Å². The zero-order chi connectivity index (χ0) is 61.4. The second kappa shape index (κ2) is 30.0. The van der Waals surface area contributed by atoms with E-state index in [9.17, 15) is 33.6 Å². The second-order valence-corrected chi connectivity index (χ2v) is 23.6. The molecule has 2 aliphatic rings. The van der Waals surface area contributed by atoms with Crippen molar-refractivity contribution in [2.24, 2.45) is 5.73 Å². The monoisotopic (exact) mass is 1200 g/mol. The van der Waals surface area contributed by atoms with Gasteiger partial charge in [0.1, 0.15) is 29.3 Å². The molecule has 4 aromatic rings. The number of amides is 3. The Morgan fingerprint density at radius 2 is 1.04 bits per heavy atom. The minimum Gasteiger partial charge on any atom is -0.476 e. The molecule has 456 valence electrons. The average molecular weight is 1210 g/mol. The molecule has 2 saturated carbocycles. The zero-order valence-corrected chi connectivity index (χ0v) is 50.6. The normalized spacial score (nSPS) is 17.9. The molecule has 0 spiro atoms.